The van der Waals surface area contributed by atoms with Gasteiger partial charge >= 0.3 is 0 Å². The van der Waals surface area contributed by atoms with Crippen molar-refractivity contribution >= 4 is 18.3 Å². The van der Waals surface area contributed by atoms with Crippen LogP contribution in [0.2, 0.25) is 0 Å². The van der Waals surface area contributed by atoms with Gasteiger partial charge in [-0.3, -0.25) is 4.79 Å². The lowest BCUT2D eigenvalue weighted by Gasteiger charge is -2.22. The zero-order chi connectivity index (χ0) is 11.4. The molecule has 0 aliphatic heterocycles. The average Bonchev–Trinajstić information content (AvgIpc) is 3.11. The van der Waals surface area contributed by atoms with E-state index in [2.05, 4.69) is 10.6 Å². The third kappa shape index (κ3) is 5.26. The van der Waals surface area contributed by atoms with E-state index < -0.39 is 0 Å². The molecule has 1 amide bonds. The average molecular weight is 261 g/mol. The molecule has 0 bridgehead atoms. The van der Waals surface area contributed by atoms with Crippen LogP contribution in [-0.4, -0.2) is 24.5 Å². The summed E-state index contributed by atoms with van der Waals surface area (Å²) in [6.45, 7) is 2.85. The highest BCUT2D eigenvalue weighted by atomic mass is 35.5. The van der Waals surface area contributed by atoms with E-state index in [9.17, 15) is 4.79 Å². The Labute approximate surface area is 111 Å². The summed E-state index contributed by atoms with van der Waals surface area (Å²) in [4.78, 5) is 11.8. The van der Waals surface area contributed by atoms with Gasteiger partial charge in [0.15, 0.2) is 0 Å². The fourth-order valence-electron chi connectivity index (χ4n) is 2.47. The maximum Gasteiger partial charge on any atom is 0.236 e. The fourth-order valence-corrected chi connectivity index (χ4v) is 2.47. The molecule has 0 aromatic heterocycles. The molecule has 0 aromatic carbocycles. The first-order chi connectivity index (χ1) is 7.75. The summed E-state index contributed by atoms with van der Waals surface area (Å²) >= 11 is 0. The molecule has 3 nitrogen and oxygen atoms in total. The molecule has 2 saturated carbocycles. The van der Waals surface area contributed by atoms with E-state index in [0.717, 1.165) is 12.5 Å². The van der Waals surface area contributed by atoms with E-state index in [1.165, 1.54) is 44.9 Å². The quantitative estimate of drug-likeness (QED) is 0.796. The van der Waals surface area contributed by atoms with Gasteiger partial charge in [0.05, 0.1) is 6.04 Å². The van der Waals surface area contributed by atoms with Crippen molar-refractivity contribution in [3.05, 3.63) is 0 Å². The van der Waals surface area contributed by atoms with Gasteiger partial charge in [-0.15, -0.1) is 12.4 Å². The number of nitrogens with one attached hydrogen (secondary N) is 2. The van der Waals surface area contributed by atoms with Crippen molar-refractivity contribution in [2.24, 2.45) is 5.92 Å². The smallest absolute Gasteiger partial charge is 0.236 e. The van der Waals surface area contributed by atoms with E-state index in [4.69, 9.17) is 0 Å². The maximum atomic E-state index is 11.8. The molecule has 1 atom stereocenters. The molecule has 2 aliphatic carbocycles. The molecule has 0 radical (unpaired) electrons. The third-order valence-corrected chi connectivity index (χ3v) is 3.75. The first-order valence-electron chi connectivity index (χ1n) is 6.79. The Balaban J connectivity index is 0.00000144. The Morgan fingerprint density at radius 1 is 1.18 bits per heavy atom. The second-order valence-corrected chi connectivity index (χ2v) is 5.41. The minimum absolute atomic E-state index is 0. The zero-order valence-electron chi connectivity index (χ0n) is 10.7. The van der Waals surface area contributed by atoms with Gasteiger partial charge in [-0.25, -0.2) is 0 Å². The molecule has 2 fully saturated rings. The molecule has 1 unspecified atom stereocenters. The number of hydrogen-bond donors (Lipinski definition) is 2. The van der Waals surface area contributed by atoms with Crippen LogP contribution in [0.25, 0.3) is 0 Å². The fraction of sp³-hybridized carbons (Fsp3) is 0.923. The Kier molecular flexibility index (Phi) is 6.28. The lowest BCUT2D eigenvalue weighted by atomic mass is 9.89. The molecule has 0 aromatic rings. The Morgan fingerprint density at radius 2 is 1.82 bits per heavy atom. The maximum absolute atomic E-state index is 11.8. The summed E-state index contributed by atoms with van der Waals surface area (Å²) in [5.74, 6) is 0.906. The number of amides is 1. The van der Waals surface area contributed by atoms with Gasteiger partial charge in [0, 0.05) is 12.6 Å². The zero-order valence-corrected chi connectivity index (χ0v) is 11.5. The van der Waals surface area contributed by atoms with Crippen LogP contribution in [0, 0.1) is 5.92 Å². The van der Waals surface area contributed by atoms with E-state index in [-0.39, 0.29) is 24.4 Å². The summed E-state index contributed by atoms with van der Waals surface area (Å²) in [5, 5.41) is 6.41. The van der Waals surface area contributed by atoms with Gasteiger partial charge in [-0.2, -0.15) is 0 Å². The molecule has 17 heavy (non-hydrogen) atoms. The third-order valence-electron chi connectivity index (χ3n) is 3.75. The van der Waals surface area contributed by atoms with Crippen molar-refractivity contribution in [3.8, 4) is 0 Å². The van der Waals surface area contributed by atoms with Crippen LogP contribution in [0.1, 0.15) is 51.9 Å². The summed E-state index contributed by atoms with van der Waals surface area (Å²) in [6, 6.07) is 0.589. The van der Waals surface area contributed by atoms with Gasteiger partial charge in [0.2, 0.25) is 5.91 Å². The van der Waals surface area contributed by atoms with Gasteiger partial charge < -0.3 is 10.6 Å². The van der Waals surface area contributed by atoms with Crippen molar-refractivity contribution in [3.63, 3.8) is 0 Å². The summed E-state index contributed by atoms with van der Waals surface area (Å²) in [7, 11) is 0. The first-order valence-corrected chi connectivity index (χ1v) is 6.79. The molecule has 100 valence electrons. The topological polar surface area (TPSA) is 41.1 Å². The van der Waals surface area contributed by atoms with Crippen molar-refractivity contribution in [1.82, 2.24) is 10.6 Å². The molecular formula is C13H25ClN2O. The van der Waals surface area contributed by atoms with Gasteiger partial charge in [-0.1, -0.05) is 19.3 Å². The van der Waals surface area contributed by atoms with Gasteiger partial charge in [0.1, 0.15) is 0 Å². The molecule has 4 heteroatoms. The number of halogens is 1. The molecule has 2 aliphatic rings. The van der Waals surface area contributed by atoms with Crippen LogP contribution in [0.3, 0.4) is 0 Å². The summed E-state index contributed by atoms with van der Waals surface area (Å²) < 4.78 is 0. The van der Waals surface area contributed by atoms with E-state index >= 15 is 0 Å². The van der Waals surface area contributed by atoms with Crippen molar-refractivity contribution in [2.75, 3.05) is 6.54 Å². The molecule has 2 rings (SSSR count). The standard InChI is InChI=1S/C13H24N2O.ClH/c1-10(15-12-7-8-12)13(16)14-9-11-5-3-2-4-6-11;/h10-12,15H,2-9H2,1H3,(H,14,16);1H. The molecular weight excluding hydrogens is 236 g/mol. The van der Waals surface area contributed by atoms with E-state index in [1.807, 2.05) is 6.92 Å². The Morgan fingerprint density at radius 3 is 2.41 bits per heavy atom. The number of rotatable bonds is 5. The minimum Gasteiger partial charge on any atom is -0.354 e. The normalized spacial score (nSPS) is 22.6. The van der Waals surface area contributed by atoms with Crippen molar-refractivity contribution in [1.29, 1.82) is 0 Å². The number of carbonyl (C=O) groups excluding carboxylic acids is 1. The molecule has 0 spiro atoms. The minimum atomic E-state index is -0.0175. The van der Waals surface area contributed by atoms with Crippen molar-refractivity contribution in [2.45, 2.75) is 64.0 Å². The number of hydrogen-bond acceptors (Lipinski definition) is 2. The molecule has 2 N–H and O–H groups in total. The SMILES string of the molecule is CC(NC1CC1)C(=O)NCC1CCCCC1.Cl. The van der Waals surface area contributed by atoms with Crippen LogP contribution >= 0.6 is 12.4 Å². The second kappa shape index (κ2) is 7.22. The second-order valence-electron chi connectivity index (χ2n) is 5.41. The number of carbonyl (C=O) groups is 1. The van der Waals surface area contributed by atoms with Gasteiger partial charge in [0.25, 0.3) is 0 Å². The summed E-state index contributed by atoms with van der Waals surface area (Å²) in [5.41, 5.74) is 0. The Bertz CT molecular complexity index is 238. The highest BCUT2D eigenvalue weighted by molar-refractivity contribution is 5.85. The van der Waals surface area contributed by atoms with Crippen LogP contribution < -0.4 is 10.6 Å². The highest BCUT2D eigenvalue weighted by Gasteiger charge is 2.25. The van der Waals surface area contributed by atoms with Gasteiger partial charge in [-0.05, 0) is 38.5 Å². The lowest BCUT2D eigenvalue weighted by Crippen LogP contribution is -2.44. The van der Waals surface area contributed by atoms with Crippen LogP contribution in [0.4, 0.5) is 0 Å². The predicted octanol–water partition coefficient (Wildman–Crippen LogP) is 2.25. The van der Waals surface area contributed by atoms with E-state index in [0.29, 0.717) is 6.04 Å². The Hall–Kier alpha value is -0.280. The molecule has 0 heterocycles. The van der Waals surface area contributed by atoms with Crippen LogP contribution in [0.5, 0.6) is 0 Å². The predicted molar refractivity (Wildman–Crippen MR) is 72.5 cm³/mol. The highest BCUT2D eigenvalue weighted by Crippen LogP contribution is 2.23. The summed E-state index contributed by atoms with van der Waals surface area (Å²) in [6.07, 6.45) is 9.13. The first kappa shape index (κ1) is 14.8. The van der Waals surface area contributed by atoms with Crippen molar-refractivity contribution < 1.29 is 4.79 Å². The van der Waals surface area contributed by atoms with Crippen LogP contribution in [-0.2, 0) is 4.79 Å². The molecule has 0 saturated heterocycles. The lowest BCUT2D eigenvalue weighted by molar-refractivity contribution is -0.123. The van der Waals surface area contributed by atoms with E-state index in [1.54, 1.807) is 0 Å². The monoisotopic (exact) mass is 260 g/mol. The van der Waals surface area contributed by atoms with Crippen LogP contribution in [0.15, 0.2) is 0 Å². The largest absolute Gasteiger partial charge is 0.354 e.